The van der Waals surface area contributed by atoms with E-state index in [9.17, 15) is 14.9 Å². The molecule has 1 rings (SSSR count). The van der Waals surface area contributed by atoms with Gasteiger partial charge in [-0.3, -0.25) is 14.9 Å². The maximum atomic E-state index is 11.2. The lowest BCUT2D eigenvalue weighted by atomic mass is 10.1. The van der Waals surface area contributed by atoms with Crippen molar-refractivity contribution >= 4 is 11.5 Å². The summed E-state index contributed by atoms with van der Waals surface area (Å²) in [6.45, 7) is 1.22. The van der Waals surface area contributed by atoms with Crippen LogP contribution < -0.4 is 4.74 Å². The van der Waals surface area contributed by atoms with Gasteiger partial charge in [0.2, 0.25) is 0 Å². The number of nitro benzene ring substituents is 1. The number of methoxy groups -OCH3 is 1. The van der Waals surface area contributed by atoms with Crippen LogP contribution in [0.2, 0.25) is 0 Å². The van der Waals surface area contributed by atoms with Crippen LogP contribution in [-0.4, -0.2) is 17.8 Å². The molecule has 1 aromatic carbocycles. The summed E-state index contributed by atoms with van der Waals surface area (Å²) in [7, 11) is 1.33. The molecule has 0 atom stereocenters. The zero-order valence-corrected chi connectivity index (χ0v) is 8.68. The molecular weight excluding hydrogens is 212 g/mol. The number of ketones is 1. The van der Waals surface area contributed by atoms with Gasteiger partial charge in [0.1, 0.15) is 17.4 Å². The van der Waals surface area contributed by atoms with Crippen molar-refractivity contribution in [1.82, 2.24) is 0 Å². The topological polar surface area (TPSA) is 93.2 Å². The van der Waals surface area contributed by atoms with Gasteiger partial charge in [0.25, 0.3) is 5.69 Å². The molecule has 0 radical (unpaired) electrons. The largest absolute Gasteiger partial charge is 0.495 e. The molecule has 82 valence electrons. The molecule has 6 nitrogen and oxygen atoms in total. The molecular formula is C10H8N2O4. The summed E-state index contributed by atoms with van der Waals surface area (Å²) in [4.78, 5) is 21.2. The van der Waals surface area contributed by atoms with Crippen molar-refractivity contribution in [1.29, 1.82) is 5.26 Å². The van der Waals surface area contributed by atoms with Crippen molar-refractivity contribution in [3.8, 4) is 11.8 Å². The highest BCUT2D eigenvalue weighted by Gasteiger charge is 2.21. The van der Waals surface area contributed by atoms with E-state index >= 15 is 0 Å². The van der Waals surface area contributed by atoms with E-state index in [1.807, 2.05) is 0 Å². The number of benzene rings is 1. The number of carbonyl (C=O) groups is 1. The van der Waals surface area contributed by atoms with Gasteiger partial charge >= 0.3 is 0 Å². The standard InChI is InChI=1S/C10H8N2O4/c1-6(13)8-4-10(16-2)7(5-11)3-9(8)12(14)15/h3-4H,1-2H3. The van der Waals surface area contributed by atoms with Gasteiger partial charge < -0.3 is 4.74 Å². The van der Waals surface area contributed by atoms with E-state index in [4.69, 9.17) is 10.00 Å². The molecule has 6 heteroatoms. The van der Waals surface area contributed by atoms with Crippen molar-refractivity contribution in [3.05, 3.63) is 33.4 Å². The Kier molecular flexibility index (Phi) is 3.20. The molecule has 0 aromatic heterocycles. The Hall–Kier alpha value is -2.42. The van der Waals surface area contributed by atoms with Gasteiger partial charge in [-0.25, -0.2) is 0 Å². The molecule has 0 amide bonds. The molecule has 0 N–H and O–H groups in total. The van der Waals surface area contributed by atoms with E-state index < -0.39 is 10.7 Å². The third-order valence-corrected chi connectivity index (χ3v) is 2.01. The predicted molar refractivity (Wildman–Crippen MR) is 54.4 cm³/mol. The van der Waals surface area contributed by atoms with Crippen LogP contribution in [-0.2, 0) is 0 Å². The maximum Gasteiger partial charge on any atom is 0.281 e. The van der Waals surface area contributed by atoms with Crippen LogP contribution in [0.3, 0.4) is 0 Å². The van der Waals surface area contributed by atoms with E-state index in [2.05, 4.69) is 0 Å². The molecule has 0 unspecified atom stereocenters. The minimum absolute atomic E-state index is 0.0270. The fraction of sp³-hybridized carbons (Fsp3) is 0.200. The van der Waals surface area contributed by atoms with Gasteiger partial charge in [0.05, 0.1) is 17.6 Å². The van der Waals surface area contributed by atoms with Crippen LogP contribution in [0, 0.1) is 21.4 Å². The second kappa shape index (κ2) is 4.40. The normalized spacial score (nSPS) is 9.31. The Labute approximate surface area is 91.2 Å². The first-order valence-corrected chi connectivity index (χ1v) is 4.28. The summed E-state index contributed by atoms with van der Waals surface area (Å²) < 4.78 is 4.86. The molecule has 0 fully saturated rings. The molecule has 0 saturated carbocycles. The zero-order chi connectivity index (χ0) is 12.3. The summed E-state index contributed by atoms with van der Waals surface area (Å²) in [6, 6.07) is 4.01. The number of carbonyl (C=O) groups excluding carboxylic acids is 1. The third kappa shape index (κ3) is 1.98. The highest BCUT2D eigenvalue weighted by molar-refractivity contribution is 5.98. The highest BCUT2D eigenvalue weighted by atomic mass is 16.6. The Morgan fingerprint density at radius 1 is 1.56 bits per heavy atom. The van der Waals surface area contributed by atoms with Crippen molar-refractivity contribution in [3.63, 3.8) is 0 Å². The first-order valence-electron chi connectivity index (χ1n) is 4.28. The molecule has 0 aliphatic rings. The van der Waals surface area contributed by atoms with Gasteiger partial charge in [0, 0.05) is 6.07 Å². The first-order chi connectivity index (χ1) is 7.51. The quantitative estimate of drug-likeness (QED) is 0.438. The van der Waals surface area contributed by atoms with Crippen LogP contribution in [0.15, 0.2) is 12.1 Å². The van der Waals surface area contributed by atoms with Gasteiger partial charge in [-0.1, -0.05) is 0 Å². The van der Waals surface area contributed by atoms with E-state index in [-0.39, 0.29) is 22.6 Å². The van der Waals surface area contributed by atoms with E-state index in [1.54, 1.807) is 6.07 Å². The highest BCUT2D eigenvalue weighted by Crippen LogP contribution is 2.28. The van der Waals surface area contributed by atoms with Crippen LogP contribution in [0.1, 0.15) is 22.8 Å². The SMILES string of the molecule is COc1cc(C(C)=O)c([N+](=O)[O-])cc1C#N. The second-order valence-electron chi connectivity index (χ2n) is 2.99. The van der Waals surface area contributed by atoms with Gasteiger partial charge in [0.15, 0.2) is 5.78 Å². The predicted octanol–water partition coefficient (Wildman–Crippen LogP) is 1.68. The van der Waals surface area contributed by atoms with Gasteiger partial charge in [-0.05, 0) is 13.0 Å². The van der Waals surface area contributed by atoms with E-state index in [1.165, 1.54) is 20.1 Å². The van der Waals surface area contributed by atoms with Crippen LogP contribution in [0.4, 0.5) is 5.69 Å². The lowest BCUT2D eigenvalue weighted by molar-refractivity contribution is -0.385. The van der Waals surface area contributed by atoms with Crippen LogP contribution >= 0.6 is 0 Å². The number of nitrogens with zero attached hydrogens (tertiary/aromatic N) is 2. The Morgan fingerprint density at radius 2 is 2.19 bits per heavy atom. The number of nitro groups is 1. The summed E-state index contributed by atoms with van der Waals surface area (Å²) in [5.41, 5.74) is -0.426. The molecule has 0 spiro atoms. The van der Waals surface area contributed by atoms with Crippen LogP contribution in [0.25, 0.3) is 0 Å². The molecule has 0 bridgehead atoms. The molecule has 0 aliphatic heterocycles. The molecule has 0 saturated heterocycles. The molecule has 0 aliphatic carbocycles. The number of nitriles is 1. The minimum Gasteiger partial charge on any atom is -0.495 e. The molecule has 1 aromatic rings. The lowest BCUT2D eigenvalue weighted by Gasteiger charge is -2.05. The Bertz CT molecular complexity index is 502. The zero-order valence-electron chi connectivity index (χ0n) is 8.68. The Balaban J connectivity index is 3.55. The summed E-state index contributed by atoms with van der Waals surface area (Å²) >= 11 is 0. The average molecular weight is 220 g/mol. The average Bonchev–Trinajstić information content (AvgIpc) is 2.26. The number of hydrogen-bond donors (Lipinski definition) is 0. The smallest absolute Gasteiger partial charge is 0.281 e. The van der Waals surface area contributed by atoms with E-state index in [0.29, 0.717) is 0 Å². The summed E-state index contributed by atoms with van der Waals surface area (Å²) in [5.74, 6) is -0.298. The Morgan fingerprint density at radius 3 is 2.56 bits per heavy atom. The number of Topliss-reactive ketones (excluding diaryl/α,β-unsaturated/α-hetero) is 1. The number of rotatable bonds is 3. The second-order valence-corrected chi connectivity index (χ2v) is 2.99. The maximum absolute atomic E-state index is 11.2. The van der Waals surface area contributed by atoms with Crippen LogP contribution in [0.5, 0.6) is 5.75 Å². The molecule has 0 heterocycles. The summed E-state index contributed by atoms with van der Waals surface area (Å²) in [6.07, 6.45) is 0. The number of ether oxygens (including phenoxy) is 1. The minimum atomic E-state index is -0.697. The van der Waals surface area contributed by atoms with Gasteiger partial charge in [-0.15, -0.1) is 0 Å². The van der Waals surface area contributed by atoms with Crippen molar-refractivity contribution in [2.24, 2.45) is 0 Å². The summed E-state index contributed by atoms with van der Waals surface area (Å²) in [5, 5.41) is 19.4. The first kappa shape index (κ1) is 11.7. The lowest BCUT2D eigenvalue weighted by Crippen LogP contribution is -2.02. The van der Waals surface area contributed by atoms with Crippen molar-refractivity contribution < 1.29 is 14.5 Å². The van der Waals surface area contributed by atoms with Crippen molar-refractivity contribution in [2.75, 3.05) is 7.11 Å². The van der Waals surface area contributed by atoms with Gasteiger partial charge in [-0.2, -0.15) is 5.26 Å². The monoisotopic (exact) mass is 220 g/mol. The fourth-order valence-corrected chi connectivity index (χ4v) is 1.26. The third-order valence-electron chi connectivity index (χ3n) is 2.01. The molecule has 16 heavy (non-hydrogen) atoms. The van der Waals surface area contributed by atoms with E-state index in [0.717, 1.165) is 6.07 Å². The fourth-order valence-electron chi connectivity index (χ4n) is 1.26. The van der Waals surface area contributed by atoms with Crippen molar-refractivity contribution in [2.45, 2.75) is 6.92 Å². The number of hydrogen-bond acceptors (Lipinski definition) is 5.